The van der Waals surface area contributed by atoms with Crippen molar-refractivity contribution in [3.63, 3.8) is 0 Å². The lowest BCUT2D eigenvalue weighted by molar-refractivity contribution is 1.31. The van der Waals surface area contributed by atoms with E-state index in [1.807, 2.05) is 6.07 Å². The minimum atomic E-state index is 0.878. The molecule has 0 N–H and O–H groups in total. The standard InChI is InChI=1S/C52H32N2/c1-2-13-35(14-3-1)49-50(54-52-47-24-11-9-21-43(47)42-20-8-10-23-46(42)51(52)53-49)38-16-12-15-36(31-38)33-25-27-34(28-26-33)37-29-30-45-41-19-5-4-17-39(41)40-18-6-7-22-44(40)48(45)32-37/h1-32H. The van der Waals surface area contributed by atoms with Gasteiger partial charge in [0, 0.05) is 21.9 Å². The van der Waals surface area contributed by atoms with Crippen molar-refractivity contribution < 1.29 is 0 Å². The molecule has 0 saturated heterocycles. The van der Waals surface area contributed by atoms with Crippen LogP contribution in [0, 0.1) is 0 Å². The van der Waals surface area contributed by atoms with Crippen molar-refractivity contribution in [1.82, 2.24) is 9.97 Å². The zero-order valence-electron chi connectivity index (χ0n) is 29.4. The maximum absolute atomic E-state index is 5.49. The Hall–Kier alpha value is -7.16. The van der Waals surface area contributed by atoms with Gasteiger partial charge >= 0.3 is 0 Å². The van der Waals surface area contributed by atoms with Crippen LogP contribution < -0.4 is 0 Å². The third-order valence-corrected chi connectivity index (χ3v) is 11.0. The summed E-state index contributed by atoms with van der Waals surface area (Å²) in [5, 5.41) is 12.3. The van der Waals surface area contributed by atoms with Gasteiger partial charge in [0.05, 0.1) is 22.4 Å². The predicted molar refractivity (Wildman–Crippen MR) is 229 cm³/mol. The first kappa shape index (κ1) is 30.5. The van der Waals surface area contributed by atoms with E-state index in [1.165, 1.54) is 54.2 Å². The van der Waals surface area contributed by atoms with E-state index in [0.717, 1.165) is 55.4 Å². The maximum atomic E-state index is 5.49. The number of rotatable bonds is 4. The van der Waals surface area contributed by atoms with Crippen molar-refractivity contribution in [2.45, 2.75) is 0 Å². The maximum Gasteiger partial charge on any atom is 0.0979 e. The Balaban J connectivity index is 1.04. The molecule has 0 bridgehead atoms. The van der Waals surface area contributed by atoms with Crippen LogP contribution in [0.25, 0.3) is 110 Å². The average molecular weight is 685 g/mol. The minimum absolute atomic E-state index is 0.878. The number of hydrogen-bond acceptors (Lipinski definition) is 2. The fourth-order valence-corrected chi connectivity index (χ4v) is 8.45. The van der Waals surface area contributed by atoms with E-state index in [1.54, 1.807) is 0 Å². The van der Waals surface area contributed by atoms with Crippen LogP contribution in [0.1, 0.15) is 0 Å². The topological polar surface area (TPSA) is 25.8 Å². The van der Waals surface area contributed by atoms with Gasteiger partial charge in [0.1, 0.15) is 0 Å². The van der Waals surface area contributed by atoms with Crippen molar-refractivity contribution in [1.29, 1.82) is 0 Å². The smallest absolute Gasteiger partial charge is 0.0979 e. The van der Waals surface area contributed by atoms with Gasteiger partial charge in [-0.3, -0.25) is 0 Å². The third kappa shape index (κ3) is 4.81. The number of benzene rings is 10. The summed E-state index contributed by atoms with van der Waals surface area (Å²) in [7, 11) is 0. The monoisotopic (exact) mass is 684 g/mol. The molecule has 1 heterocycles. The number of hydrogen-bond donors (Lipinski definition) is 0. The molecule has 11 aromatic rings. The molecule has 2 heteroatoms. The van der Waals surface area contributed by atoms with E-state index in [0.29, 0.717) is 0 Å². The molecule has 54 heavy (non-hydrogen) atoms. The molecule has 0 amide bonds. The second-order valence-corrected chi connectivity index (χ2v) is 14.1. The molecule has 10 aromatic carbocycles. The lowest BCUT2D eigenvalue weighted by atomic mass is 9.91. The van der Waals surface area contributed by atoms with Crippen LogP contribution in [-0.2, 0) is 0 Å². The Bertz CT molecular complexity index is 3220. The highest BCUT2D eigenvalue weighted by molar-refractivity contribution is 6.26. The van der Waals surface area contributed by atoms with Crippen LogP contribution >= 0.6 is 0 Å². The summed E-state index contributed by atoms with van der Waals surface area (Å²) in [5.74, 6) is 0. The summed E-state index contributed by atoms with van der Waals surface area (Å²) in [6.45, 7) is 0. The lowest BCUT2D eigenvalue weighted by Gasteiger charge is -2.15. The van der Waals surface area contributed by atoms with Crippen LogP contribution in [0.3, 0.4) is 0 Å². The Morgan fingerprint density at radius 3 is 1.09 bits per heavy atom. The lowest BCUT2D eigenvalue weighted by Crippen LogP contribution is -1.97. The van der Waals surface area contributed by atoms with Gasteiger partial charge in [-0.1, -0.05) is 182 Å². The van der Waals surface area contributed by atoms with Crippen LogP contribution in [-0.4, -0.2) is 9.97 Å². The van der Waals surface area contributed by atoms with E-state index >= 15 is 0 Å². The molecule has 11 rings (SSSR count). The largest absolute Gasteiger partial charge is 0.243 e. The van der Waals surface area contributed by atoms with Crippen molar-refractivity contribution in [3.05, 3.63) is 194 Å². The molecule has 1 aromatic heterocycles. The summed E-state index contributed by atoms with van der Waals surface area (Å²) in [5.41, 5.74) is 10.4. The summed E-state index contributed by atoms with van der Waals surface area (Å²) in [6, 6.07) is 69.7. The van der Waals surface area contributed by atoms with Gasteiger partial charge in [0.2, 0.25) is 0 Å². The number of aromatic nitrogens is 2. The van der Waals surface area contributed by atoms with Crippen LogP contribution in [0.5, 0.6) is 0 Å². The second kappa shape index (κ2) is 12.2. The molecule has 0 aliphatic heterocycles. The zero-order chi connectivity index (χ0) is 35.6. The molecule has 0 unspecified atom stereocenters. The Kier molecular flexibility index (Phi) is 6.90. The van der Waals surface area contributed by atoms with Gasteiger partial charge in [0.15, 0.2) is 0 Å². The molecular formula is C52H32N2. The van der Waals surface area contributed by atoms with Gasteiger partial charge in [0.25, 0.3) is 0 Å². The molecule has 0 aliphatic carbocycles. The molecule has 0 radical (unpaired) electrons. The SMILES string of the molecule is c1ccc(-c2nc3c4ccccc4c4ccccc4c3nc2-c2cccc(-c3ccc(-c4ccc5c6ccccc6c6ccccc6c5c4)cc3)c2)cc1. The van der Waals surface area contributed by atoms with Crippen LogP contribution in [0.2, 0.25) is 0 Å². The van der Waals surface area contributed by atoms with Crippen LogP contribution in [0.4, 0.5) is 0 Å². The van der Waals surface area contributed by atoms with E-state index in [9.17, 15) is 0 Å². The van der Waals surface area contributed by atoms with Gasteiger partial charge in [-0.05, 0) is 77.5 Å². The fraction of sp³-hybridized carbons (Fsp3) is 0. The van der Waals surface area contributed by atoms with Gasteiger partial charge < -0.3 is 0 Å². The van der Waals surface area contributed by atoms with Crippen molar-refractivity contribution in [2.75, 3.05) is 0 Å². The van der Waals surface area contributed by atoms with E-state index in [4.69, 9.17) is 9.97 Å². The Morgan fingerprint density at radius 1 is 0.204 bits per heavy atom. The first-order valence-electron chi connectivity index (χ1n) is 18.5. The Morgan fingerprint density at radius 2 is 0.556 bits per heavy atom. The fourth-order valence-electron chi connectivity index (χ4n) is 8.45. The second-order valence-electron chi connectivity index (χ2n) is 14.1. The highest BCUT2D eigenvalue weighted by atomic mass is 14.8. The highest BCUT2D eigenvalue weighted by Crippen LogP contribution is 2.40. The molecule has 250 valence electrons. The third-order valence-electron chi connectivity index (χ3n) is 11.0. The first-order valence-corrected chi connectivity index (χ1v) is 18.5. The molecule has 0 aliphatic rings. The van der Waals surface area contributed by atoms with Crippen LogP contribution in [0.15, 0.2) is 194 Å². The number of fused-ring (bicyclic) bond motifs is 12. The molecule has 0 fully saturated rings. The zero-order valence-corrected chi connectivity index (χ0v) is 29.4. The summed E-state index contributed by atoms with van der Waals surface area (Å²) in [6.07, 6.45) is 0. The van der Waals surface area contributed by atoms with Crippen molar-refractivity contribution in [2.24, 2.45) is 0 Å². The first-order chi connectivity index (χ1) is 26.8. The quantitative estimate of drug-likeness (QED) is 0.172. The summed E-state index contributed by atoms with van der Waals surface area (Å²) in [4.78, 5) is 10.9. The molecule has 0 atom stereocenters. The minimum Gasteiger partial charge on any atom is -0.243 e. The van der Waals surface area contributed by atoms with E-state index < -0.39 is 0 Å². The highest BCUT2D eigenvalue weighted by Gasteiger charge is 2.18. The van der Waals surface area contributed by atoms with Gasteiger partial charge in [-0.2, -0.15) is 0 Å². The van der Waals surface area contributed by atoms with E-state index in [2.05, 4.69) is 188 Å². The van der Waals surface area contributed by atoms with Crippen molar-refractivity contribution in [3.8, 4) is 44.8 Å². The molecular weight excluding hydrogens is 653 g/mol. The normalized spacial score (nSPS) is 11.7. The van der Waals surface area contributed by atoms with Gasteiger partial charge in [-0.15, -0.1) is 0 Å². The Labute approximate surface area is 312 Å². The summed E-state index contributed by atoms with van der Waals surface area (Å²) >= 11 is 0. The van der Waals surface area contributed by atoms with Gasteiger partial charge in [-0.25, -0.2) is 9.97 Å². The molecule has 0 saturated carbocycles. The average Bonchev–Trinajstić information content (AvgIpc) is 3.26. The number of nitrogens with zero attached hydrogens (tertiary/aromatic N) is 2. The summed E-state index contributed by atoms with van der Waals surface area (Å²) < 4.78 is 0. The van der Waals surface area contributed by atoms with Crippen molar-refractivity contribution >= 4 is 64.9 Å². The predicted octanol–water partition coefficient (Wildman–Crippen LogP) is 14.1. The molecule has 0 spiro atoms. The molecule has 2 nitrogen and oxygen atoms in total. The van der Waals surface area contributed by atoms with E-state index in [-0.39, 0.29) is 0 Å².